The summed E-state index contributed by atoms with van der Waals surface area (Å²) < 4.78 is 5.68. The van der Waals surface area contributed by atoms with Gasteiger partial charge < -0.3 is 16.8 Å². The highest BCUT2D eigenvalue weighted by molar-refractivity contribution is 6.06. The van der Waals surface area contributed by atoms with Crippen LogP contribution in [-0.2, 0) is 0 Å². The first-order chi connectivity index (χ1) is 7.79. The molecule has 0 amide bonds. The Labute approximate surface area is 104 Å². The van der Waals surface area contributed by atoms with E-state index in [-0.39, 0.29) is 12.4 Å². The molecule has 1 heterocycles. The van der Waals surface area contributed by atoms with Crippen molar-refractivity contribution in [3.63, 3.8) is 0 Å². The average molecular weight is 245 g/mol. The number of nitrogens with zero attached hydrogens (tertiary/aromatic N) is 2. The van der Waals surface area contributed by atoms with E-state index in [0.717, 1.165) is 27.5 Å². The van der Waals surface area contributed by atoms with Gasteiger partial charge in [0, 0.05) is 16.3 Å². The molecule has 0 N–H and O–H groups in total. The van der Waals surface area contributed by atoms with Crippen LogP contribution in [0.15, 0.2) is 40.8 Å². The Kier molecular flexibility index (Phi) is 2.74. The number of hydrogen-bond acceptors (Lipinski definition) is 2. The lowest BCUT2D eigenvalue weighted by Gasteiger charge is -1.89. The van der Waals surface area contributed by atoms with Crippen LogP contribution in [0.1, 0.15) is 5.56 Å². The number of fused-ring (bicyclic) bond motifs is 3. The van der Waals surface area contributed by atoms with E-state index in [1.54, 1.807) is 6.07 Å². The lowest BCUT2D eigenvalue weighted by Crippen LogP contribution is -3.00. The molecule has 3 nitrogen and oxygen atoms in total. The molecule has 3 aromatic rings. The molecule has 0 aliphatic heterocycles. The van der Waals surface area contributed by atoms with Gasteiger partial charge in [0.05, 0.1) is 6.07 Å². The van der Waals surface area contributed by atoms with E-state index in [1.165, 1.54) is 0 Å². The van der Waals surface area contributed by atoms with Crippen molar-refractivity contribution >= 4 is 27.6 Å². The number of benzene rings is 2. The molecule has 0 aliphatic rings. The minimum absolute atomic E-state index is 0. The first-order valence-electron chi connectivity index (χ1n) is 5.06. The second-order valence-corrected chi connectivity index (χ2v) is 3.83. The number of aryl methyl sites for hydroxylation is 1. The molecule has 2 aromatic carbocycles. The van der Waals surface area contributed by atoms with Gasteiger partial charge in [-0.1, -0.05) is 18.2 Å². The fraction of sp³-hybridized carbons (Fsp3) is 0.0769. The summed E-state index contributed by atoms with van der Waals surface area (Å²) in [5, 5.41) is 11.0. The molecule has 0 atom stereocenters. The Bertz CT molecular complexity index is 740. The number of para-hydroxylation sites is 1. The zero-order chi connectivity index (χ0) is 11.1. The van der Waals surface area contributed by atoms with Crippen molar-refractivity contribution in [1.82, 2.24) is 0 Å². The maximum absolute atomic E-state index is 8.84. The molecular formula is C13H9ClN2O. The van der Waals surface area contributed by atoms with Crippen molar-refractivity contribution in [1.29, 1.82) is 5.39 Å². The van der Waals surface area contributed by atoms with Crippen molar-refractivity contribution in [3.8, 4) is 0 Å². The number of halogens is 1. The van der Waals surface area contributed by atoms with Crippen LogP contribution in [-0.4, -0.2) is 0 Å². The molecule has 0 bridgehead atoms. The van der Waals surface area contributed by atoms with Gasteiger partial charge in [0.2, 0.25) is 5.39 Å². The highest BCUT2D eigenvalue weighted by Crippen LogP contribution is 2.33. The largest absolute Gasteiger partial charge is 1.00 e. The third kappa shape index (κ3) is 1.63. The molecule has 0 unspecified atom stereocenters. The average Bonchev–Trinajstić information content (AvgIpc) is 2.66. The van der Waals surface area contributed by atoms with Crippen molar-refractivity contribution in [2.45, 2.75) is 6.92 Å². The highest BCUT2D eigenvalue weighted by atomic mass is 35.5. The predicted octanol–water partition coefficient (Wildman–Crippen LogP) is 1.38. The van der Waals surface area contributed by atoms with Crippen LogP contribution in [0.5, 0.6) is 0 Å². The van der Waals surface area contributed by atoms with Gasteiger partial charge in [-0.05, 0) is 19.1 Å². The second-order valence-electron chi connectivity index (χ2n) is 3.83. The molecule has 1 aromatic heterocycles. The summed E-state index contributed by atoms with van der Waals surface area (Å²) in [7, 11) is 0. The monoisotopic (exact) mass is 244 g/mol. The van der Waals surface area contributed by atoms with Crippen LogP contribution >= 0.6 is 0 Å². The van der Waals surface area contributed by atoms with Crippen molar-refractivity contribution in [2.75, 3.05) is 0 Å². The Balaban J connectivity index is 0.00000108. The minimum atomic E-state index is 0. The summed E-state index contributed by atoms with van der Waals surface area (Å²) in [6.45, 7) is 1.91. The van der Waals surface area contributed by atoms with E-state index >= 15 is 0 Å². The molecule has 0 saturated carbocycles. The first-order valence-corrected chi connectivity index (χ1v) is 5.06. The quantitative estimate of drug-likeness (QED) is 0.561. The Morgan fingerprint density at radius 1 is 1.06 bits per heavy atom. The molecule has 0 spiro atoms. The summed E-state index contributed by atoms with van der Waals surface area (Å²) in [5.41, 5.74) is 3.08. The maximum Gasteiger partial charge on any atom is 0.391 e. The Hall–Kier alpha value is -2.05. The lowest BCUT2D eigenvalue weighted by atomic mass is 10.1. The van der Waals surface area contributed by atoms with Crippen molar-refractivity contribution < 1.29 is 16.8 Å². The number of hydrogen-bond donors (Lipinski definition) is 0. The maximum atomic E-state index is 8.84. The van der Waals surface area contributed by atoms with Crippen molar-refractivity contribution in [3.05, 3.63) is 46.9 Å². The van der Waals surface area contributed by atoms with Gasteiger partial charge in [-0.2, -0.15) is 0 Å². The second kappa shape index (κ2) is 4.08. The fourth-order valence-electron chi connectivity index (χ4n) is 1.98. The number of rotatable bonds is 0. The summed E-state index contributed by atoms with van der Waals surface area (Å²) in [6, 6.07) is 11.6. The topological polar surface area (TPSA) is 41.3 Å². The van der Waals surface area contributed by atoms with Gasteiger partial charge in [-0.3, -0.25) is 0 Å². The first kappa shape index (κ1) is 11.4. The van der Waals surface area contributed by atoms with E-state index in [1.807, 2.05) is 37.3 Å². The molecule has 0 saturated heterocycles. The van der Waals surface area contributed by atoms with E-state index in [0.29, 0.717) is 5.69 Å². The van der Waals surface area contributed by atoms with E-state index in [4.69, 9.17) is 9.81 Å². The van der Waals surface area contributed by atoms with Gasteiger partial charge in [-0.15, -0.1) is 0 Å². The van der Waals surface area contributed by atoms with Gasteiger partial charge in [-0.25, -0.2) is 0 Å². The molecule has 0 radical (unpaired) electrons. The summed E-state index contributed by atoms with van der Waals surface area (Å²) in [4.78, 5) is 3.23. The molecule has 4 heteroatoms. The molecule has 84 valence electrons. The molecular weight excluding hydrogens is 236 g/mol. The normalized spacial score (nSPS) is 10.1. The van der Waals surface area contributed by atoms with E-state index in [2.05, 4.69) is 4.98 Å². The zero-order valence-corrected chi connectivity index (χ0v) is 9.90. The molecule has 17 heavy (non-hydrogen) atoms. The number of diazo groups is 1. The van der Waals surface area contributed by atoms with Gasteiger partial charge >= 0.3 is 5.69 Å². The minimum Gasteiger partial charge on any atom is -1.00 e. The smallest absolute Gasteiger partial charge is 0.391 e. The predicted molar refractivity (Wildman–Crippen MR) is 63.2 cm³/mol. The number of furan rings is 1. The van der Waals surface area contributed by atoms with Gasteiger partial charge in [0.25, 0.3) is 0 Å². The van der Waals surface area contributed by atoms with E-state index < -0.39 is 0 Å². The van der Waals surface area contributed by atoms with Crippen LogP contribution in [0.2, 0.25) is 0 Å². The molecule has 0 fully saturated rings. The van der Waals surface area contributed by atoms with Crippen molar-refractivity contribution in [2.24, 2.45) is 0 Å². The fourth-order valence-corrected chi connectivity index (χ4v) is 1.98. The van der Waals surface area contributed by atoms with Crippen LogP contribution in [0.3, 0.4) is 0 Å². The SMILES string of the molecule is Cc1cc2c(cc1[N+]#N)oc1ccccc12.[Cl-]. The van der Waals surface area contributed by atoms with Crippen LogP contribution in [0.25, 0.3) is 26.9 Å². The van der Waals surface area contributed by atoms with Crippen LogP contribution < -0.4 is 12.4 Å². The van der Waals surface area contributed by atoms with E-state index in [9.17, 15) is 0 Å². The lowest BCUT2D eigenvalue weighted by molar-refractivity contribution is -0.00000388. The molecule has 0 aliphatic carbocycles. The van der Waals surface area contributed by atoms with Gasteiger partial charge in [0.15, 0.2) is 4.98 Å². The Morgan fingerprint density at radius 2 is 1.82 bits per heavy atom. The third-order valence-electron chi connectivity index (χ3n) is 2.80. The van der Waals surface area contributed by atoms with Gasteiger partial charge in [0.1, 0.15) is 11.2 Å². The zero-order valence-electron chi connectivity index (χ0n) is 9.14. The molecule has 3 rings (SSSR count). The highest BCUT2D eigenvalue weighted by Gasteiger charge is 2.15. The van der Waals surface area contributed by atoms with Crippen LogP contribution in [0.4, 0.5) is 5.69 Å². The standard InChI is InChI=1S/C13H9N2O.ClH/c1-8-6-10-9-4-2-3-5-12(9)16-13(10)7-11(8)15-14;/h2-7H,1H3;1H/q+1;/p-1. The summed E-state index contributed by atoms with van der Waals surface area (Å²) >= 11 is 0. The third-order valence-corrected chi connectivity index (χ3v) is 2.80. The summed E-state index contributed by atoms with van der Waals surface area (Å²) in [5.74, 6) is 0. The van der Waals surface area contributed by atoms with Crippen LogP contribution in [0, 0.1) is 12.3 Å². The Morgan fingerprint density at radius 3 is 2.59 bits per heavy atom. The summed E-state index contributed by atoms with van der Waals surface area (Å²) in [6.07, 6.45) is 0.